The van der Waals surface area contributed by atoms with Crippen LogP contribution < -0.4 is 0 Å². The Balaban J connectivity index is 2.40. The molecular formula is C10H21O5P. The first-order chi connectivity index (χ1) is 7.24. The molecule has 0 aromatic rings. The standard InChI is InChI=1S/C10H21O5P/c1-8(11)9(2)13-7-16(12)14-5-10(3,4)6-15-16/h8-9,11H,5-7H2,1-4H3. The van der Waals surface area contributed by atoms with Crippen LogP contribution in [0.15, 0.2) is 0 Å². The topological polar surface area (TPSA) is 65.0 Å². The largest absolute Gasteiger partial charge is 0.391 e. The molecule has 0 radical (unpaired) electrons. The smallest absolute Gasteiger partial charge is 0.356 e. The molecule has 1 N–H and O–H groups in total. The summed E-state index contributed by atoms with van der Waals surface area (Å²) in [6, 6.07) is 0. The maximum Gasteiger partial charge on any atom is 0.356 e. The van der Waals surface area contributed by atoms with E-state index in [2.05, 4.69) is 0 Å². The highest BCUT2D eigenvalue weighted by Gasteiger charge is 2.37. The second kappa shape index (κ2) is 5.15. The molecule has 96 valence electrons. The van der Waals surface area contributed by atoms with Crippen molar-refractivity contribution in [2.24, 2.45) is 5.41 Å². The summed E-state index contributed by atoms with van der Waals surface area (Å²) in [5.41, 5.74) is -0.107. The molecule has 0 amide bonds. The lowest BCUT2D eigenvalue weighted by molar-refractivity contribution is -0.0203. The molecule has 1 aliphatic heterocycles. The van der Waals surface area contributed by atoms with Gasteiger partial charge in [0.1, 0.15) is 6.35 Å². The predicted molar refractivity (Wildman–Crippen MR) is 60.4 cm³/mol. The van der Waals surface area contributed by atoms with Gasteiger partial charge in [-0.25, -0.2) is 0 Å². The Morgan fingerprint density at radius 3 is 2.31 bits per heavy atom. The van der Waals surface area contributed by atoms with Crippen molar-refractivity contribution in [3.8, 4) is 0 Å². The predicted octanol–water partition coefficient (Wildman–Crippen LogP) is 2.00. The quantitative estimate of drug-likeness (QED) is 0.775. The van der Waals surface area contributed by atoms with E-state index in [-0.39, 0.29) is 17.9 Å². The minimum Gasteiger partial charge on any atom is -0.391 e. The van der Waals surface area contributed by atoms with Crippen LogP contribution in [0.5, 0.6) is 0 Å². The molecule has 2 unspecified atom stereocenters. The number of aliphatic hydroxyl groups is 1. The zero-order valence-electron chi connectivity index (χ0n) is 10.3. The van der Waals surface area contributed by atoms with Crippen molar-refractivity contribution >= 4 is 7.60 Å². The minimum absolute atomic E-state index is 0.102. The fourth-order valence-corrected chi connectivity index (χ4v) is 2.78. The highest BCUT2D eigenvalue weighted by molar-refractivity contribution is 7.53. The number of hydrogen-bond acceptors (Lipinski definition) is 5. The molecule has 0 saturated carbocycles. The van der Waals surface area contributed by atoms with Crippen LogP contribution in [-0.2, 0) is 18.3 Å². The Labute approximate surface area is 96.6 Å². The van der Waals surface area contributed by atoms with Crippen molar-refractivity contribution in [1.29, 1.82) is 0 Å². The molecule has 1 saturated heterocycles. The lowest BCUT2D eigenvalue weighted by Gasteiger charge is -2.34. The van der Waals surface area contributed by atoms with Crippen molar-refractivity contribution in [3.63, 3.8) is 0 Å². The van der Waals surface area contributed by atoms with Crippen LogP contribution in [0.25, 0.3) is 0 Å². The Morgan fingerprint density at radius 1 is 1.38 bits per heavy atom. The summed E-state index contributed by atoms with van der Waals surface area (Å²) in [4.78, 5) is 0. The highest BCUT2D eigenvalue weighted by atomic mass is 31.2. The van der Waals surface area contributed by atoms with Gasteiger partial charge < -0.3 is 18.9 Å². The van der Waals surface area contributed by atoms with E-state index in [0.29, 0.717) is 13.2 Å². The third-order valence-corrected chi connectivity index (χ3v) is 3.99. The van der Waals surface area contributed by atoms with Crippen LogP contribution in [0.1, 0.15) is 27.7 Å². The van der Waals surface area contributed by atoms with E-state index in [4.69, 9.17) is 13.8 Å². The Bertz CT molecular complexity index is 262. The van der Waals surface area contributed by atoms with Gasteiger partial charge in [0.2, 0.25) is 0 Å². The summed E-state index contributed by atoms with van der Waals surface area (Å²) in [5.74, 6) is 0. The van der Waals surface area contributed by atoms with Gasteiger partial charge in [0.05, 0.1) is 25.4 Å². The third-order valence-electron chi connectivity index (χ3n) is 2.48. The van der Waals surface area contributed by atoms with Gasteiger partial charge in [-0.05, 0) is 13.8 Å². The summed E-state index contributed by atoms with van der Waals surface area (Å²) in [6.07, 6.45) is -1.09. The Kier molecular flexibility index (Phi) is 4.55. The molecule has 0 aromatic carbocycles. The number of ether oxygens (including phenoxy) is 1. The van der Waals surface area contributed by atoms with Crippen LogP contribution in [0.3, 0.4) is 0 Å². The molecule has 0 bridgehead atoms. The molecule has 1 aliphatic rings. The summed E-state index contributed by atoms with van der Waals surface area (Å²) in [5, 5.41) is 9.22. The van der Waals surface area contributed by atoms with Crippen LogP contribution >= 0.6 is 7.60 Å². The van der Waals surface area contributed by atoms with E-state index in [1.807, 2.05) is 13.8 Å². The van der Waals surface area contributed by atoms with Crippen LogP contribution in [0.2, 0.25) is 0 Å². The maximum atomic E-state index is 12.0. The van der Waals surface area contributed by atoms with Gasteiger partial charge >= 0.3 is 7.60 Å². The molecule has 0 aliphatic carbocycles. The molecule has 6 heteroatoms. The molecule has 1 rings (SSSR count). The average molecular weight is 252 g/mol. The maximum absolute atomic E-state index is 12.0. The molecule has 2 atom stereocenters. The summed E-state index contributed by atoms with van der Waals surface area (Å²) < 4.78 is 27.7. The fraction of sp³-hybridized carbons (Fsp3) is 1.00. The van der Waals surface area contributed by atoms with E-state index in [1.165, 1.54) is 0 Å². The van der Waals surface area contributed by atoms with Gasteiger partial charge in [0, 0.05) is 5.41 Å². The summed E-state index contributed by atoms with van der Waals surface area (Å²) in [6.45, 7) is 8.09. The highest BCUT2D eigenvalue weighted by Crippen LogP contribution is 2.53. The first-order valence-corrected chi connectivity index (χ1v) is 7.15. The number of rotatable bonds is 4. The first kappa shape index (κ1) is 14.1. The molecule has 1 heterocycles. The monoisotopic (exact) mass is 252 g/mol. The Hall–Kier alpha value is 0.0700. The van der Waals surface area contributed by atoms with Crippen LogP contribution in [0.4, 0.5) is 0 Å². The number of hydrogen-bond donors (Lipinski definition) is 1. The number of aliphatic hydroxyl groups excluding tert-OH is 1. The van der Waals surface area contributed by atoms with E-state index in [0.717, 1.165) is 0 Å². The van der Waals surface area contributed by atoms with Crippen molar-refractivity contribution in [1.82, 2.24) is 0 Å². The lowest BCUT2D eigenvalue weighted by atomic mass is 9.97. The van der Waals surface area contributed by atoms with E-state index < -0.39 is 13.7 Å². The van der Waals surface area contributed by atoms with Crippen molar-refractivity contribution < 1.29 is 23.5 Å². The van der Waals surface area contributed by atoms with Crippen LogP contribution in [0, 0.1) is 5.41 Å². The fourth-order valence-electron chi connectivity index (χ4n) is 1.05. The summed E-state index contributed by atoms with van der Waals surface area (Å²) >= 11 is 0. The van der Waals surface area contributed by atoms with E-state index in [9.17, 15) is 9.67 Å². The zero-order chi connectivity index (χ0) is 12.4. The average Bonchev–Trinajstić information content (AvgIpc) is 2.20. The normalized spacial score (nSPS) is 27.3. The van der Waals surface area contributed by atoms with Crippen molar-refractivity contribution in [3.05, 3.63) is 0 Å². The van der Waals surface area contributed by atoms with Crippen LogP contribution in [-0.4, -0.2) is 36.9 Å². The third kappa shape index (κ3) is 4.15. The molecular weight excluding hydrogens is 231 g/mol. The molecule has 5 nitrogen and oxygen atoms in total. The van der Waals surface area contributed by atoms with Gasteiger partial charge in [0.25, 0.3) is 0 Å². The first-order valence-electron chi connectivity index (χ1n) is 5.42. The van der Waals surface area contributed by atoms with Gasteiger partial charge in [-0.15, -0.1) is 0 Å². The van der Waals surface area contributed by atoms with Gasteiger partial charge in [-0.1, -0.05) is 13.8 Å². The minimum atomic E-state index is -3.12. The zero-order valence-corrected chi connectivity index (χ0v) is 11.2. The lowest BCUT2D eigenvalue weighted by Crippen LogP contribution is -2.31. The van der Waals surface area contributed by atoms with Crippen molar-refractivity contribution in [2.75, 3.05) is 19.6 Å². The molecule has 0 spiro atoms. The SMILES string of the molecule is CC(O)C(C)OCP1(=O)OCC(C)(C)CO1. The van der Waals surface area contributed by atoms with E-state index in [1.54, 1.807) is 13.8 Å². The van der Waals surface area contributed by atoms with Gasteiger partial charge in [-0.2, -0.15) is 0 Å². The molecule has 1 fully saturated rings. The van der Waals surface area contributed by atoms with Gasteiger partial charge in [-0.3, -0.25) is 4.57 Å². The molecule has 0 aromatic heterocycles. The molecule has 16 heavy (non-hydrogen) atoms. The Morgan fingerprint density at radius 2 is 1.88 bits per heavy atom. The summed E-state index contributed by atoms with van der Waals surface area (Å²) in [7, 11) is -3.12. The second-order valence-electron chi connectivity index (χ2n) is 5.06. The van der Waals surface area contributed by atoms with Crippen molar-refractivity contribution in [2.45, 2.75) is 39.9 Å². The van der Waals surface area contributed by atoms with E-state index >= 15 is 0 Å². The second-order valence-corrected chi connectivity index (χ2v) is 7.06. The van der Waals surface area contributed by atoms with Gasteiger partial charge in [0.15, 0.2) is 0 Å².